The highest BCUT2D eigenvalue weighted by Gasteiger charge is 2.23. The topological polar surface area (TPSA) is 71.7 Å². The summed E-state index contributed by atoms with van der Waals surface area (Å²) in [6.07, 6.45) is 9.02. The predicted molar refractivity (Wildman–Crippen MR) is 138 cm³/mol. The zero-order valence-corrected chi connectivity index (χ0v) is 21.6. The van der Waals surface area contributed by atoms with Crippen molar-refractivity contribution in [3.05, 3.63) is 58.4 Å². The molecule has 0 unspecified atom stereocenters. The van der Waals surface area contributed by atoms with Gasteiger partial charge in [0.15, 0.2) is 4.80 Å². The first-order valence-electron chi connectivity index (χ1n) is 11.5. The summed E-state index contributed by atoms with van der Waals surface area (Å²) in [5, 5.41) is 0. The minimum atomic E-state index is -3.62. The lowest BCUT2D eigenvalue weighted by atomic mass is 10.2. The molecule has 0 aliphatic carbocycles. The third-order valence-electron chi connectivity index (χ3n) is 5.61. The van der Waals surface area contributed by atoms with E-state index in [0.717, 1.165) is 41.5 Å². The van der Waals surface area contributed by atoms with E-state index in [0.29, 0.717) is 30.0 Å². The molecule has 0 aliphatic heterocycles. The Balaban J connectivity index is 1.92. The van der Waals surface area contributed by atoms with Crippen molar-refractivity contribution in [2.24, 2.45) is 4.99 Å². The second-order valence-corrected chi connectivity index (χ2v) is 11.1. The maximum Gasteiger partial charge on any atom is 0.279 e. The van der Waals surface area contributed by atoms with E-state index in [4.69, 9.17) is 6.42 Å². The monoisotopic (exact) mass is 497 g/mol. The Hall–Kier alpha value is -2.73. The van der Waals surface area contributed by atoms with Crippen LogP contribution < -0.4 is 4.80 Å². The number of amides is 1. The van der Waals surface area contributed by atoms with E-state index >= 15 is 0 Å². The number of carbonyl (C=O) groups excluding carboxylic acids is 1. The summed E-state index contributed by atoms with van der Waals surface area (Å²) in [5.74, 6) is 2.20. The molecule has 1 amide bonds. The fraction of sp³-hybridized carbons (Fsp3) is 0.385. The van der Waals surface area contributed by atoms with Gasteiger partial charge in [0.2, 0.25) is 10.0 Å². The third-order valence-corrected chi connectivity index (χ3v) is 8.57. The van der Waals surface area contributed by atoms with Crippen molar-refractivity contribution in [1.82, 2.24) is 8.87 Å². The number of aryl methyl sites for hydroxylation is 1. The molecule has 2 aromatic carbocycles. The van der Waals surface area contributed by atoms with Crippen LogP contribution in [0.3, 0.4) is 0 Å². The Morgan fingerprint density at radius 3 is 2.32 bits per heavy atom. The smallest absolute Gasteiger partial charge is 0.279 e. The molecule has 0 radical (unpaired) electrons. The number of unbranched alkanes of at least 4 members (excludes halogenated alkanes) is 2. The summed E-state index contributed by atoms with van der Waals surface area (Å²) in [6, 6.07) is 12.0. The van der Waals surface area contributed by atoms with Crippen molar-refractivity contribution in [2.45, 2.75) is 57.9 Å². The molecular weight excluding hydrogens is 466 g/mol. The Labute approximate surface area is 206 Å². The first-order chi connectivity index (χ1) is 16.3. The molecule has 0 saturated heterocycles. The van der Waals surface area contributed by atoms with Crippen LogP contribution in [-0.4, -0.2) is 36.3 Å². The Bertz CT molecular complexity index is 1350. The molecule has 180 valence electrons. The van der Waals surface area contributed by atoms with Gasteiger partial charge in [0, 0.05) is 18.7 Å². The Morgan fingerprint density at radius 2 is 1.74 bits per heavy atom. The molecule has 0 bridgehead atoms. The van der Waals surface area contributed by atoms with E-state index in [9.17, 15) is 13.2 Å². The van der Waals surface area contributed by atoms with Crippen LogP contribution in [0, 0.1) is 19.3 Å². The Morgan fingerprint density at radius 1 is 1.09 bits per heavy atom. The molecule has 8 heteroatoms. The van der Waals surface area contributed by atoms with E-state index in [-0.39, 0.29) is 4.90 Å². The summed E-state index contributed by atoms with van der Waals surface area (Å²) in [6.45, 7) is 7.38. The van der Waals surface area contributed by atoms with Gasteiger partial charge in [-0.2, -0.15) is 9.30 Å². The van der Waals surface area contributed by atoms with Gasteiger partial charge < -0.3 is 4.57 Å². The number of fused-ring (bicyclic) bond motifs is 1. The molecule has 34 heavy (non-hydrogen) atoms. The summed E-state index contributed by atoms with van der Waals surface area (Å²) in [7, 11) is -3.62. The van der Waals surface area contributed by atoms with Gasteiger partial charge in [0.25, 0.3) is 5.91 Å². The van der Waals surface area contributed by atoms with Crippen LogP contribution in [0.4, 0.5) is 0 Å². The zero-order chi connectivity index (χ0) is 24.7. The van der Waals surface area contributed by atoms with Crippen molar-refractivity contribution in [2.75, 3.05) is 13.1 Å². The number of hydrogen-bond acceptors (Lipinski definition) is 4. The first-order valence-corrected chi connectivity index (χ1v) is 13.8. The molecular formula is C26H31N3O3S2. The molecule has 0 spiro atoms. The van der Waals surface area contributed by atoms with Crippen molar-refractivity contribution in [3.63, 3.8) is 0 Å². The number of hydrogen-bond donors (Lipinski definition) is 0. The van der Waals surface area contributed by atoms with Crippen LogP contribution in [0.1, 0.15) is 55.5 Å². The number of benzene rings is 2. The molecule has 1 aromatic heterocycles. The number of aromatic nitrogens is 1. The van der Waals surface area contributed by atoms with Crippen LogP contribution in [0.25, 0.3) is 10.2 Å². The molecule has 0 saturated carbocycles. The summed E-state index contributed by atoms with van der Waals surface area (Å²) in [4.78, 5) is 18.0. The molecule has 3 rings (SSSR count). The molecule has 0 aliphatic rings. The minimum Gasteiger partial charge on any atom is -0.304 e. The van der Waals surface area contributed by atoms with E-state index in [1.54, 1.807) is 4.31 Å². The quantitative estimate of drug-likeness (QED) is 0.371. The number of para-hydroxylation sites is 1. The maximum absolute atomic E-state index is 13.2. The number of rotatable bonds is 10. The number of thiazole rings is 1. The standard InChI is InChI=1S/C26H31N3O3S2/c1-5-8-18-28(19-9-6-2)34(31,32)22-15-13-21(14-16-22)25(30)27-26-29(17-7-3)24-20(4)11-10-12-23(24)33-26/h3,10-16H,5-6,8-9,17-19H2,1-2,4H3. The van der Waals surface area contributed by atoms with Crippen molar-refractivity contribution in [1.29, 1.82) is 0 Å². The van der Waals surface area contributed by atoms with Crippen molar-refractivity contribution in [3.8, 4) is 12.3 Å². The molecule has 1 heterocycles. The highest BCUT2D eigenvalue weighted by molar-refractivity contribution is 7.89. The first kappa shape index (κ1) is 25.9. The fourth-order valence-electron chi connectivity index (χ4n) is 3.72. The van der Waals surface area contributed by atoms with Crippen molar-refractivity contribution >= 4 is 37.5 Å². The highest BCUT2D eigenvalue weighted by atomic mass is 32.2. The van der Waals surface area contributed by atoms with E-state index in [1.165, 1.54) is 35.6 Å². The van der Waals surface area contributed by atoms with Gasteiger partial charge in [-0.3, -0.25) is 4.79 Å². The zero-order valence-electron chi connectivity index (χ0n) is 20.0. The number of sulfonamides is 1. The lowest BCUT2D eigenvalue weighted by molar-refractivity contribution is 0.0997. The van der Waals surface area contributed by atoms with E-state index < -0.39 is 15.9 Å². The van der Waals surface area contributed by atoms with Gasteiger partial charge in [-0.1, -0.05) is 56.1 Å². The van der Waals surface area contributed by atoms with Gasteiger partial charge in [-0.25, -0.2) is 8.42 Å². The van der Waals surface area contributed by atoms with E-state index in [1.807, 2.05) is 43.5 Å². The van der Waals surface area contributed by atoms with Gasteiger partial charge >= 0.3 is 0 Å². The molecule has 0 fully saturated rings. The van der Waals surface area contributed by atoms with Gasteiger partial charge in [0.1, 0.15) is 0 Å². The highest BCUT2D eigenvalue weighted by Crippen LogP contribution is 2.21. The second-order valence-electron chi connectivity index (χ2n) is 8.15. The normalized spacial score (nSPS) is 12.4. The van der Waals surface area contributed by atoms with Crippen LogP contribution in [0.2, 0.25) is 0 Å². The van der Waals surface area contributed by atoms with Gasteiger partial charge in [0.05, 0.1) is 21.7 Å². The van der Waals surface area contributed by atoms with Crippen molar-refractivity contribution < 1.29 is 13.2 Å². The van der Waals surface area contributed by atoms with Crippen LogP contribution in [0.5, 0.6) is 0 Å². The SMILES string of the molecule is C#CCn1c(=NC(=O)c2ccc(S(=O)(=O)N(CCCC)CCCC)cc2)sc2cccc(C)c21. The average Bonchev–Trinajstić information content (AvgIpc) is 3.17. The van der Waals surface area contributed by atoms with Crippen LogP contribution >= 0.6 is 11.3 Å². The summed E-state index contributed by atoms with van der Waals surface area (Å²) in [5.41, 5.74) is 2.36. The van der Waals surface area contributed by atoms with Crippen LogP contribution in [0.15, 0.2) is 52.4 Å². The second kappa shape index (κ2) is 11.6. The lowest BCUT2D eigenvalue weighted by Gasteiger charge is -2.22. The fourth-order valence-corrected chi connectivity index (χ4v) is 6.34. The summed E-state index contributed by atoms with van der Waals surface area (Å²) >= 11 is 1.40. The molecule has 0 N–H and O–H groups in total. The largest absolute Gasteiger partial charge is 0.304 e. The average molecular weight is 498 g/mol. The lowest BCUT2D eigenvalue weighted by Crippen LogP contribution is -2.33. The summed E-state index contributed by atoms with van der Waals surface area (Å²) < 4.78 is 30.7. The van der Waals surface area contributed by atoms with Crippen LogP contribution in [-0.2, 0) is 16.6 Å². The molecule has 3 aromatic rings. The molecule has 0 atom stereocenters. The predicted octanol–water partition coefficient (Wildman–Crippen LogP) is 4.98. The number of carbonyl (C=O) groups is 1. The number of nitrogens with zero attached hydrogens (tertiary/aromatic N) is 3. The maximum atomic E-state index is 13.2. The number of terminal acetylenes is 1. The molecule has 6 nitrogen and oxygen atoms in total. The van der Waals surface area contributed by atoms with Gasteiger partial charge in [-0.05, 0) is 55.7 Å². The minimum absolute atomic E-state index is 0.191. The third kappa shape index (κ3) is 5.66. The van der Waals surface area contributed by atoms with E-state index in [2.05, 4.69) is 10.9 Å². The Kier molecular flexibility index (Phi) is 8.84. The van der Waals surface area contributed by atoms with Gasteiger partial charge in [-0.15, -0.1) is 6.42 Å².